The van der Waals surface area contributed by atoms with Crippen LogP contribution in [0.25, 0.3) is 0 Å². The zero-order valence-electron chi connectivity index (χ0n) is 7.24. The molecule has 3 N–H and O–H groups in total. The molecule has 5 heteroatoms. The number of hydrogen-bond donors (Lipinski definition) is 2. The van der Waals surface area contributed by atoms with Crippen LogP contribution < -0.4 is 16.2 Å². The molecule has 3 nitrogen and oxygen atoms in total. The zero-order valence-corrected chi connectivity index (χ0v) is 9.40. The average molecular weight is 305 g/mol. The van der Waals surface area contributed by atoms with Gasteiger partial charge in [0.15, 0.2) is 0 Å². The minimum Gasteiger partial charge on any atom is -0.311 e. The van der Waals surface area contributed by atoms with Crippen molar-refractivity contribution in [1.29, 1.82) is 0 Å². The molecule has 0 saturated carbocycles. The topological polar surface area (TPSA) is 41.3 Å². The predicted molar refractivity (Wildman–Crippen MR) is 62.1 cm³/mol. The lowest BCUT2D eigenvalue weighted by molar-refractivity contribution is 0.625. The van der Waals surface area contributed by atoms with Crippen molar-refractivity contribution in [2.24, 2.45) is 5.73 Å². The molecule has 1 aromatic rings. The van der Waals surface area contributed by atoms with Crippen LogP contribution in [0.2, 0.25) is 0 Å². The van der Waals surface area contributed by atoms with E-state index >= 15 is 0 Å². The summed E-state index contributed by atoms with van der Waals surface area (Å²) >= 11 is 2.17. The minimum absolute atomic E-state index is 0.174. The molecule has 0 spiro atoms. The lowest BCUT2D eigenvalue weighted by atomic mass is 10.3. The summed E-state index contributed by atoms with van der Waals surface area (Å²) in [5.41, 5.74) is 9.58. The molecule has 1 aliphatic heterocycles. The highest BCUT2D eigenvalue weighted by atomic mass is 127. The number of hydrogen-bond acceptors (Lipinski definition) is 3. The van der Waals surface area contributed by atoms with Gasteiger partial charge in [-0.1, -0.05) is 0 Å². The number of benzene rings is 1. The maximum absolute atomic E-state index is 12.7. The molecule has 0 aliphatic carbocycles. The summed E-state index contributed by atoms with van der Waals surface area (Å²) in [6.07, 6.45) is 1.72. The van der Waals surface area contributed by atoms with Crippen LogP contribution in [0.4, 0.5) is 10.1 Å². The summed E-state index contributed by atoms with van der Waals surface area (Å²) in [5, 5.41) is 1.82. The Morgan fingerprint density at radius 3 is 2.50 bits per heavy atom. The first kappa shape index (κ1) is 9.88. The van der Waals surface area contributed by atoms with E-state index < -0.39 is 0 Å². The van der Waals surface area contributed by atoms with Gasteiger partial charge in [-0.15, -0.1) is 0 Å². The molecular weight excluding hydrogens is 296 g/mol. The molecule has 0 fully saturated rings. The van der Waals surface area contributed by atoms with Crippen LogP contribution in [0.15, 0.2) is 34.0 Å². The average Bonchev–Trinajstić information content (AvgIpc) is 2.47. The monoisotopic (exact) mass is 305 g/mol. The first-order chi connectivity index (χ1) is 6.66. The number of nitrogens with one attached hydrogen (secondary N) is 1. The third-order valence-corrected chi connectivity index (χ3v) is 2.74. The van der Waals surface area contributed by atoms with Crippen LogP contribution in [0, 0.1) is 5.82 Å². The van der Waals surface area contributed by atoms with Gasteiger partial charge in [-0.2, -0.15) is 0 Å². The van der Waals surface area contributed by atoms with Crippen LogP contribution in [0.3, 0.4) is 0 Å². The summed E-state index contributed by atoms with van der Waals surface area (Å²) in [4.78, 5) is 0. The third kappa shape index (κ3) is 1.89. The Balaban J connectivity index is 2.25. The zero-order chi connectivity index (χ0) is 10.1. The van der Waals surface area contributed by atoms with Crippen LogP contribution in [-0.4, -0.2) is 6.17 Å². The second kappa shape index (κ2) is 3.84. The van der Waals surface area contributed by atoms with Gasteiger partial charge >= 0.3 is 0 Å². The van der Waals surface area contributed by atoms with Crippen molar-refractivity contribution in [1.82, 2.24) is 5.43 Å². The van der Waals surface area contributed by atoms with Crippen molar-refractivity contribution in [3.63, 3.8) is 0 Å². The van der Waals surface area contributed by atoms with Gasteiger partial charge in [-0.25, -0.2) is 9.82 Å². The largest absolute Gasteiger partial charge is 0.311 e. The summed E-state index contributed by atoms with van der Waals surface area (Å²) in [6, 6.07) is 6.25. The molecule has 1 aromatic carbocycles. The number of hydrazine groups is 1. The Hall–Kier alpha value is -0.660. The molecule has 0 bridgehead atoms. The van der Waals surface area contributed by atoms with Crippen molar-refractivity contribution in [3.8, 4) is 0 Å². The summed E-state index contributed by atoms with van der Waals surface area (Å²) in [6.45, 7) is 0. The summed E-state index contributed by atoms with van der Waals surface area (Å²) in [5.74, 6) is -0.240. The van der Waals surface area contributed by atoms with Crippen LogP contribution in [0.5, 0.6) is 0 Å². The molecule has 1 aliphatic rings. The molecule has 0 amide bonds. The summed E-state index contributed by atoms with van der Waals surface area (Å²) in [7, 11) is 0. The third-order valence-electron chi connectivity index (χ3n) is 1.89. The fourth-order valence-electron chi connectivity index (χ4n) is 1.26. The number of nitrogens with two attached hydrogens (primary N) is 1. The van der Waals surface area contributed by atoms with E-state index in [1.807, 2.05) is 11.1 Å². The molecule has 74 valence electrons. The van der Waals surface area contributed by atoms with Crippen molar-refractivity contribution < 1.29 is 4.39 Å². The number of rotatable bonds is 1. The molecule has 0 aromatic heterocycles. The maximum Gasteiger partial charge on any atom is 0.123 e. The number of halogens is 2. The first-order valence-corrected chi connectivity index (χ1v) is 5.19. The van der Waals surface area contributed by atoms with Crippen molar-refractivity contribution in [2.75, 3.05) is 5.01 Å². The molecule has 1 unspecified atom stereocenters. The van der Waals surface area contributed by atoms with Crippen LogP contribution in [0.1, 0.15) is 0 Å². The summed E-state index contributed by atoms with van der Waals surface area (Å²) < 4.78 is 13.7. The Bertz CT molecular complexity index is 363. The second-order valence-corrected chi connectivity index (χ2v) is 4.06. The van der Waals surface area contributed by atoms with Crippen LogP contribution >= 0.6 is 22.6 Å². The lowest BCUT2D eigenvalue weighted by Gasteiger charge is -2.20. The van der Waals surface area contributed by atoms with Gasteiger partial charge in [0.05, 0.1) is 15.6 Å². The molecule has 1 heterocycles. The number of nitrogens with zero attached hydrogens (tertiary/aromatic N) is 1. The van der Waals surface area contributed by atoms with Crippen molar-refractivity contribution >= 4 is 28.3 Å². The minimum atomic E-state index is -0.240. The van der Waals surface area contributed by atoms with E-state index in [1.54, 1.807) is 12.1 Å². The molecule has 0 radical (unpaired) electrons. The highest BCUT2D eigenvalue weighted by molar-refractivity contribution is 14.1. The smallest absolute Gasteiger partial charge is 0.123 e. The van der Waals surface area contributed by atoms with E-state index in [1.165, 1.54) is 12.1 Å². The first-order valence-electron chi connectivity index (χ1n) is 4.11. The second-order valence-electron chi connectivity index (χ2n) is 2.96. The van der Waals surface area contributed by atoms with Gasteiger partial charge in [0.25, 0.3) is 0 Å². The van der Waals surface area contributed by atoms with Crippen molar-refractivity contribution in [2.45, 2.75) is 6.17 Å². The predicted octanol–water partition coefficient (Wildman–Crippen LogP) is 1.71. The fourth-order valence-corrected chi connectivity index (χ4v) is 2.06. The molecule has 2 rings (SSSR count). The Morgan fingerprint density at radius 2 is 2.00 bits per heavy atom. The maximum atomic E-state index is 12.7. The van der Waals surface area contributed by atoms with E-state index in [0.717, 1.165) is 9.39 Å². The van der Waals surface area contributed by atoms with E-state index in [0.29, 0.717) is 0 Å². The quantitative estimate of drug-likeness (QED) is 0.613. The van der Waals surface area contributed by atoms with Gasteiger partial charge in [-0.3, -0.25) is 5.01 Å². The van der Waals surface area contributed by atoms with E-state index in [2.05, 4.69) is 28.0 Å². The van der Waals surface area contributed by atoms with Gasteiger partial charge in [-0.05, 0) is 52.9 Å². The highest BCUT2D eigenvalue weighted by Gasteiger charge is 2.19. The molecular formula is C9H9FIN3. The molecule has 14 heavy (non-hydrogen) atoms. The van der Waals surface area contributed by atoms with Crippen LogP contribution in [-0.2, 0) is 0 Å². The fraction of sp³-hybridized carbons (Fsp3) is 0.111. The van der Waals surface area contributed by atoms with E-state index in [-0.39, 0.29) is 12.0 Å². The molecule has 1 atom stereocenters. The molecule has 0 saturated heterocycles. The SMILES string of the molecule is NC1C=C(I)N(c2ccc(F)cc2)N1. The normalized spacial score (nSPS) is 21.2. The Kier molecular flexibility index (Phi) is 2.71. The standard InChI is InChI=1S/C9H9FIN3/c10-6-1-3-7(4-2-6)14-8(11)5-9(12)13-14/h1-5,9,13H,12H2. The Labute approximate surface area is 94.9 Å². The van der Waals surface area contributed by atoms with Crippen molar-refractivity contribution in [3.05, 3.63) is 39.9 Å². The van der Waals surface area contributed by atoms with Gasteiger partial charge in [0, 0.05) is 0 Å². The van der Waals surface area contributed by atoms with Gasteiger partial charge in [0.2, 0.25) is 0 Å². The van der Waals surface area contributed by atoms with Gasteiger partial charge in [0.1, 0.15) is 5.82 Å². The lowest BCUT2D eigenvalue weighted by Crippen LogP contribution is -2.41. The Morgan fingerprint density at radius 1 is 1.36 bits per heavy atom. The highest BCUT2D eigenvalue weighted by Crippen LogP contribution is 2.24. The van der Waals surface area contributed by atoms with E-state index in [9.17, 15) is 4.39 Å². The number of anilines is 1. The van der Waals surface area contributed by atoms with E-state index in [4.69, 9.17) is 5.73 Å². The van der Waals surface area contributed by atoms with Gasteiger partial charge < -0.3 is 5.73 Å².